The lowest BCUT2D eigenvalue weighted by Gasteiger charge is -2.28. The highest BCUT2D eigenvalue weighted by Crippen LogP contribution is 2.22. The predicted molar refractivity (Wildman–Crippen MR) is 65.8 cm³/mol. The van der Waals surface area contributed by atoms with Gasteiger partial charge in [-0.05, 0) is 44.7 Å². The fourth-order valence-electron chi connectivity index (χ4n) is 2.17. The molecule has 0 aromatic heterocycles. The Morgan fingerprint density at radius 2 is 2.38 bits per heavy atom. The number of carbonyl (C=O) groups excluding carboxylic acids is 1. The Hall–Kier alpha value is -1.01. The molecule has 0 aromatic rings. The fraction of sp³-hybridized carbons (Fsp3) is 0.769. The Bertz CT molecular complexity index is 264. The molecule has 3 atom stereocenters. The van der Waals surface area contributed by atoms with E-state index in [0.29, 0.717) is 18.3 Å². The number of piperidine rings is 1. The highest BCUT2D eigenvalue weighted by Gasteiger charge is 2.22. The van der Waals surface area contributed by atoms with Gasteiger partial charge in [0, 0.05) is 6.42 Å². The van der Waals surface area contributed by atoms with E-state index < -0.39 is 0 Å². The van der Waals surface area contributed by atoms with E-state index in [0.717, 1.165) is 13.1 Å². The van der Waals surface area contributed by atoms with Crippen molar-refractivity contribution in [2.45, 2.75) is 39.2 Å². The van der Waals surface area contributed by atoms with Crippen LogP contribution in [0.2, 0.25) is 0 Å². The second-order valence-electron chi connectivity index (χ2n) is 4.74. The van der Waals surface area contributed by atoms with Gasteiger partial charge >= 0.3 is 0 Å². The first kappa shape index (κ1) is 13.1. The number of rotatable bonds is 4. The molecule has 3 unspecified atom stereocenters. The molecule has 1 aliphatic rings. The predicted octanol–water partition coefficient (Wildman–Crippen LogP) is 1.15. The van der Waals surface area contributed by atoms with E-state index in [4.69, 9.17) is 6.42 Å². The van der Waals surface area contributed by atoms with E-state index in [2.05, 4.69) is 23.5 Å². The minimum atomic E-state index is -0.163. The molecule has 2 N–H and O–H groups in total. The lowest BCUT2D eigenvalue weighted by molar-refractivity contribution is -0.122. The van der Waals surface area contributed by atoms with Crippen LogP contribution in [0.5, 0.6) is 0 Å². The van der Waals surface area contributed by atoms with E-state index in [9.17, 15) is 4.79 Å². The number of hydrogen-bond donors (Lipinski definition) is 2. The number of terminal acetylenes is 1. The highest BCUT2D eigenvalue weighted by molar-refractivity contribution is 5.76. The van der Waals surface area contributed by atoms with Crippen molar-refractivity contribution in [2.75, 3.05) is 13.1 Å². The first-order valence-corrected chi connectivity index (χ1v) is 6.09. The van der Waals surface area contributed by atoms with E-state index in [-0.39, 0.29) is 11.9 Å². The van der Waals surface area contributed by atoms with Crippen molar-refractivity contribution in [3.8, 4) is 12.3 Å². The van der Waals surface area contributed by atoms with Gasteiger partial charge in [-0.15, -0.1) is 6.42 Å². The van der Waals surface area contributed by atoms with Crippen LogP contribution in [-0.2, 0) is 4.79 Å². The summed E-state index contributed by atoms with van der Waals surface area (Å²) >= 11 is 0. The fourth-order valence-corrected chi connectivity index (χ4v) is 2.17. The average molecular weight is 222 g/mol. The Labute approximate surface area is 98.4 Å². The van der Waals surface area contributed by atoms with Crippen LogP contribution in [0, 0.1) is 24.2 Å². The van der Waals surface area contributed by atoms with Crippen LogP contribution in [0.3, 0.4) is 0 Å². The molecule has 1 heterocycles. The topological polar surface area (TPSA) is 41.1 Å². The number of carbonyl (C=O) groups is 1. The summed E-state index contributed by atoms with van der Waals surface area (Å²) in [6, 6.07) is -0.163. The zero-order valence-electron chi connectivity index (χ0n) is 10.3. The molecular formula is C13H22N2O. The molecule has 1 amide bonds. The van der Waals surface area contributed by atoms with Gasteiger partial charge < -0.3 is 10.6 Å². The molecular weight excluding hydrogens is 200 g/mol. The van der Waals surface area contributed by atoms with Crippen LogP contribution in [0.25, 0.3) is 0 Å². The summed E-state index contributed by atoms with van der Waals surface area (Å²) in [5.41, 5.74) is 0. The SMILES string of the molecule is C#CC(C)NC(=O)CC(C)C1CCCNC1. The molecule has 1 rings (SSSR count). The molecule has 16 heavy (non-hydrogen) atoms. The van der Waals surface area contributed by atoms with Crippen LogP contribution in [0.4, 0.5) is 0 Å². The third kappa shape index (κ3) is 4.24. The number of hydrogen-bond acceptors (Lipinski definition) is 2. The minimum absolute atomic E-state index is 0.0727. The molecule has 90 valence electrons. The van der Waals surface area contributed by atoms with Gasteiger partial charge in [0.25, 0.3) is 0 Å². The van der Waals surface area contributed by atoms with Crippen molar-refractivity contribution in [1.29, 1.82) is 0 Å². The van der Waals surface area contributed by atoms with Gasteiger partial charge in [-0.3, -0.25) is 4.79 Å². The largest absolute Gasteiger partial charge is 0.343 e. The lowest BCUT2D eigenvalue weighted by Crippen LogP contribution is -2.37. The molecule has 0 spiro atoms. The van der Waals surface area contributed by atoms with Crippen LogP contribution in [-0.4, -0.2) is 25.0 Å². The normalized spacial score (nSPS) is 24.2. The van der Waals surface area contributed by atoms with Gasteiger partial charge in [0.05, 0.1) is 6.04 Å². The molecule has 0 saturated carbocycles. The summed E-state index contributed by atoms with van der Waals surface area (Å²) in [6.45, 7) is 6.13. The van der Waals surface area contributed by atoms with Crippen LogP contribution in [0.1, 0.15) is 33.1 Å². The standard InChI is InChI=1S/C13H22N2O/c1-4-11(3)15-13(16)8-10(2)12-6-5-7-14-9-12/h1,10-12,14H,5-9H2,2-3H3,(H,15,16). The van der Waals surface area contributed by atoms with Gasteiger partial charge in [-0.2, -0.15) is 0 Å². The van der Waals surface area contributed by atoms with Gasteiger partial charge in [0.2, 0.25) is 5.91 Å². The summed E-state index contributed by atoms with van der Waals surface area (Å²) < 4.78 is 0. The first-order chi connectivity index (χ1) is 7.63. The van der Waals surface area contributed by atoms with E-state index in [1.807, 2.05) is 6.92 Å². The second kappa shape index (κ2) is 6.55. The van der Waals surface area contributed by atoms with Crippen LogP contribution < -0.4 is 10.6 Å². The van der Waals surface area contributed by atoms with Crippen LogP contribution in [0.15, 0.2) is 0 Å². The summed E-state index contributed by atoms with van der Waals surface area (Å²) in [4.78, 5) is 11.6. The zero-order valence-corrected chi connectivity index (χ0v) is 10.3. The van der Waals surface area contributed by atoms with Crippen LogP contribution >= 0.6 is 0 Å². The third-order valence-corrected chi connectivity index (χ3v) is 3.27. The third-order valence-electron chi connectivity index (χ3n) is 3.27. The van der Waals surface area contributed by atoms with E-state index >= 15 is 0 Å². The highest BCUT2D eigenvalue weighted by atomic mass is 16.1. The lowest BCUT2D eigenvalue weighted by atomic mass is 9.85. The number of nitrogens with one attached hydrogen (secondary N) is 2. The van der Waals surface area contributed by atoms with Crippen molar-refractivity contribution in [3.05, 3.63) is 0 Å². The molecule has 3 nitrogen and oxygen atoms in total. The van der Waals surface area contributed by atoms with Crippen molar-refractivity contribution >= 4 is 5.91 Å². The molecule has 1 fully saturated rings. The van der Waals surface area contributed by atoms with Gasteiger partial charge in [0.1, 0.15) is 0 Å². The Kier molecular flexibility index (Phi) is 5.34. The molecule has 0 aliphatic carbocycles. The maximum absolute atomic E-state index is 11.6. The Morgan fingerprint density at radius 3 is 2.94 bits per heavy atom. The zero-order chi connectivity index (χ0) is 12.0. The molecule has 0 aromatic carbocycles. The van der Waals surface area contributed by atoms with Crippen molar-refractivity contribution in [1.82, 2.24) is 10.6 Å². The molecule has 0 bridgehead atoms. The minimum Gasteiger partial charge on any atom is -0.343 e. The summed E-state index contributed by atoms with van der Waals surface area (Å²) in [5.74, 6) is 3.63. The van der Waals surface area contributed by atoms with E-state index in [1.54, 1.807) is 0 Å². The van der Waals surface area contributed by atoms with Crippen molar-refractivity contribution < 1.29 is 4.79 Å². The second-order valence-corrected chi connectivity index (χ2v) is 4.74. The molecule has 0 radical (unpaired) electrons. The quantitative estimate of drug-likeness (QED) is 0.701. The summed E-state index contributed by atoms with van der Waals surface area (Å²) in [5, 5.41) is 6.18. The van der Waals surface area contributed by atoms with Gasteiger partial charge in [0.15, 0.2) is 0 Å². The monoisotopic (exact) mass is 222 g/mol. The molecule has 1 aliphatic heterocycles. The van der Waals surface area contributed by atoms with Gasteiger partial charge in [-0.1, -0.05) is 12.8 Å². The van der Waals surface area contributed by atoms with Gasteiger partial charge in [-0.25, -0.2) is 0 Å². The maximum atomic E-state index is 11.6. The Balaban J connectivity index is 2.30. The number of amides is 1. The molecule has 3 heteroatoms. The smallest absolute Gasteiger partial charge is 0.221 e. The summed E-state index contributed by atoms with van der Waals surface area (Å²) in [7, 11) is 0. The Morgan fingerprint density at radius 1 is 1.62 bits per heavy atom. The summed E-state index contributed by atoms with van der Waals surface area (Å²) in [6.07, 6.45) is 8.25. The first-order valence-electron chi connectivity index (χ1n) is 6.09. The van der Waals surface area contributed by atoms with E-state index in [1.165, 1.54) is 12.8 Å². The van der Waals surface area contributed by atoms with Crippen molar-refractivity contribution in [3.63, 3.8) is 0 Å². The molecule has 1 saturated heterocycles. The average Bonchev–Trinajstić information content (AvgIpc) is 2.29. The maximum Gasteiger partial charge on any atom is 0.221 e. The van der Waals surface area contributed by atoms with Crippen molar-refractivity contribution in [2.24, 2.45) is 11.8 Å².